The van der Waals surface area contributed by atoms with Crippen LogP contribution in [-0.4, -0.2) is 26.6 Å². The molecule has 6 nitrogen and oxygen atoms in total. The molecule has 2 aromatic carbocycles. The second kappa shape index (κ2) is 8.13. The van der Waals surface area contributed by atoms with E-state index in [2.05, 4.69) is 4.72 Å². The lowest BCUT2D eigenvalue weighted by Crippen LogP contribution is -2.35. The lowest BCUT2D eigenvalue weighted by atomic mass is 10.0. The van der Waals surface area contributed by atoms with Gasteiger partial charge in [0.1, 0.15) is 0 Å². The number of anilines is 2. The fourth-order valence-corrected chi connectivity index (χ4v) is 4.62. The molecule has 0 fully saturated rings. The van der Waals surface area contributed by atoms with Gasteiger partial charge in [-0.25, -0.2) is 8.42 Å². The Morgan fingerprint density at radius 1 is 1.07 bits per heavy atom. The molecule has 1 N–H and O–H groups in total. The lowest BCUT2D eigenvalue weighted by Gasteiger charge is -2.29. The van der Waals surface area contributed by atoms with Crippen LogP contribution >= 0.6 is 0 Å². The molecule has 1 aliphatic rings. The van der Waals surface area contributed by atoms with Crippen LogP contribution in [0, 0.1) is 0 Å². The summed E-state index contributed by atoms with van der Waals surface area (Å²) in [5.41, 5.74) is 3.24. The van der Waals surface area contributed by atoms with E-state index in [1.807, 2.05) is 36.4 Å². The number of furan rings is 1. The summed E-state index contributed by atoms with van der Waals surface area (Å²) in [5.74, 6) is 0.118. The fourth-order valence-electron chi connectivity index (χ4n) is 3.53. The molecule has 4 rings (SSSR count). The van der Waals surface area contributed by atoms with E-state index in [4.69, 9.17) is 4.42 Å². The number of benzene rings is 2. The number of amides is 1. The minimum Gasteiger partial charge on any atom is -0.459 e. The van der Waals surface area contributed by atoms with Crippen molar-refractivity contribution in [3.05, 3.63) is 83.8 Å². The van der Waals surface area contributed by atoms with Gasteiger partial charge in [0.25, 0.3) is 5.91 Å². The van der Waals surface area contributed by atoms with Crippen molar-refractivity contribution in [2.75, 3.05) is 21.9 Å². The Morgan fingerprint density at radius 3 is 2.66 bits per heavy atom. The second-order valence-corrected chi connectivity index (χ2v) is 8.88. The molecule has 0 radical (unpaired) electrons. The van der Waals surface area contributed by atoms with Gasteiger partial charge in [-0.2, -0.15) is 0 Å². The number of aryl methyl sites for hydroxylation is 2. The van der Waals surface area contributed by atoms with Crippen molar-refractivity contribution in [3.63, 3.8) is 0 Å². The number of nitrogens with zero attached hydrogens (tertiary/aromatic N) is 1. The average molecular weight is 410 g/mol. The molecular weight excluding hydrogens is 388 g/mol. The Bertz CT molecular complexity index is 1090. The molecule has 0 bridgehead atoms. The first-order valence-electron chi connectivity index (χ1n) is 9.54. The van der Waals surface area contributed by atoms with E-state index in [0.717, 1.165) is 29.7 Å². The molecule has 0 saturated carbocycles. The van der Waals surface area contributed by atoms with E-state index in [9.17, 15) is 13.2 Å². The first-order chi connectivity index (χ1) is 14.0. The van der Waals surface area contributed by atoms with Crippen LogP contribution in [0.5, 0.6) is 0 Å². The van der Waals surface area contributed by atoms with Crippen LogP contribution in [0.4, 0.5) is 11.4 Å². The molecule has 150 valence electrons. The van der Waals surface area contributed by atoms with Gasteiger partial charge in [0.2, 0.25) is 10.0 Å². The second-order valence-electron chi connectivity index (χ2n) is 7.04. The van der Waals surface area contributed by atoms with Gasteiger partial charge >= 0.3 is 0 Å². The zero-order chi connectivity index (χ0) is 20.3. The number of fused-ring (bicyclic) bond motifs is 1. The van der Waals surface area contributed by atoms with Crippen LogP contribution < -0.4 is 9.62 Å². The van der Waals surface area contributed by atoms with E-state index < -0.39 is 10.0 Å². The number of carbonyl (C=O) groups is 1. The van der Waals surface area contributed by atoms with Crippen molar-refractivity contribution in [2.24, 2.45) is 0 Å². The number of carbonyl (C=O) groups excluding carboxylic acids is 1. The van der Waals surface area contributed by atoms with E-state index in [-0.39, 0.29) is 11.7 Å². The van der Waals surface area contributed by atoms with Crippen molar-refractivity contribution < 1.29 is 17.6 Å². The Balaban J connectivity index is 1.48. The molecule has 7 heteroatoms. The Hall–Kier alpha value is -3.06. The molecule has 0 atom stereocenters. The summed E-state index contributed by atoms with van der Waals surface area (Å²) in [6.07, 6.45) is 3.53. The molecule has 0 aliphatic carbocycles. The summed E-state index contributed by atoms with van der Waals surface area (Å²) in [6, 6.07) is 18.2. The summed E-state index contributed by atoms with van der Waals surface area (Å²) >= 11 is 0. The first-order valence-corrected chi connectivity index (χ1v) is 11.2. The van der Waals surface area contributed by atoms with Crippen molar-refractivity contribution in [2.45, 2.75) is 19.3 Å². The van der Waals surface area contributed by atoms with E-state index in [0.29, 0.717) is 24.4 Å². The molecular formula is C22H22N2O4S. The van der Waals surface area contributed by atoms with Gasteiger partial charge in [-0.1, -0.05) is 30.3 Å². The standard InChI is InChI=1S/C22H22N2O4S/c25-22(21-9-5-14-28-21)24-13-4-8-18-16-19(10-11-20(18)24)23-29(26,27)15-12-17-6-2-1-3-7-17/h1-3,5-7,9-11,14,16,23H,4,8,12-13,15H2. The Morgan fingerprint density at radius 2 is 1.90 bits per heavy atom. The predicted molar refractivity (Wildman–Crippen MR) is 113 cm³/mol. The maximum Gasteiger partial charge on any atom is 0.293 e. The number of nitrogens with one attached hydrogen (secondary N) is 1. The van der Waals surface area contributed by atoms with Crippen molar-refractivity contribution >= 4 is 27.3 Å². The molecule has 29 heavy (non-hydrogen) atoms. The maximum atomic E-state index is 12.7. The Kier molecular flexibility index (Phi) is 5.40. The zero-order valence-corrected chi connectivity index (χ0v) is 16.7. The average Bonchev–Trinajstić information content (AvgIpc) is 3.27. The van der Waals surface area contributed by atoms with Gasteiger partial charge in [-0.3, -0.25) is 9.52 Å². The van der Waals surface area contributed by atoms with Crippen LogP contribution in [0.1, 0.15) is 28.1 Å². The molecule has 0 spiro atoms. The van der Waals surface area contributed by atoms with Crippen LogP contribution in [-0.2, 0) is 22.9 Å². The molecule has 1 amide bonds. The molecule has 1 aromatic heterocycles. The number of hydrogen-bond acceptors (Lipinski definition) is 4. The highest BCUT2D eigenvalue weighted by atomic mass is 32.2. The van der Waals surface area contributed by atoms with E-state index in [1.165, 1.54) is 6.26 Å². The van der Waals surface area contributed by atoms with Crippen molar-refractivity contribution in [1.82, 2.24) is 0 Å². The zero-order valence-electron chi connectivity index (χ0n) is 15.9. The third-order valence-electron chi connectivity index (χ3n) is 4.95. The largest absolute Gasteiger partial charge is 0.459 e. The summed E-state index contributed by atoms with van der Waals surface area (Å²) in [6.45, 7) is 0.606. The van der Waals surface area contributed by atoms with Crippen LogP contribution in [0.3, 0.4) is 0 Å². The lowest BCUT2D eigenvalue weighted by molar-refractivity contribution is 0.0958. The van der Waals surface area contributed by atoms with Gasteiger partial charge in [0, 0.05) is 17.9 Å². The summed E-state index contributed by atoms with van der Waals surface area (Å²) in [5, 5.41) is 0. The minimum atomic E-state index is -3.47. The molecule has 3 aromatic rings. The normalized spacial score (nSPS) is 13.7. The Labute approximate surface area is 170 Å². The van der Waals surface area contributed by atoms with Crippen LogP contribution in [0.2, 0.25) is 0 Å². The number of hydrogen-bond donors (Lipinski definition) is 1. The summed E-state index contributed by atoms with van der Waals surface area (Å²) < 4.78 is 32.9. The number of rotatable bonds is 6. The van der Waals surface area contributed by atoms with Gasteiger partial charge in [-0.15, -0.1) is 0 Å². The number of sulfonamides is 1. The smallest absolute Gasteiger partial charge is 0.293 e. The van der Waals surface area contributed by atoms with Gasteiger partial charge < -0.3 is 9.32 Å². The topological polar surface area (TPSA) is 79.6 Å². The van der Waals surface area contributed by atoms with E-state index >= 15 is 0 Å². The molecule has 1 aliphatic heterocycles. The molecule has 0 saturated heterocycles. The highest BCUT2D eigenvalue weighted by Crippen LogP contribution is 2.31. The summed E-state index contributed by atoms with van der Waals surface area (Å²) in [7, 11) is -3.47. The monoisotopic (exact) mass is 410 g/mol. The third kappa shape index (κ3) is 4.51. The quantitative estimate of drug-likeness (QED) is 0.669. The predicted octanol–water partition coefficient (Wildman–Crippen LogP) is 3.86. The SMILES string of the molecule is O=C(c1ccco1)N1CCCc2cc(NS(=O)(=O)CCc3ccccc3)ccc21. The highest BCUT2D eigenvalue weighted by molar-refractivity contribution is 7.92. The van der Waals surface area contributed by atoms with Crippen LogP contribution in [0.25, 0.3) is 0 Å². The molecule has 0 unspecified atom stereocenters. The van der Waals surface area contributed by atoms with Gasteiger partial charge in [-0.05, 0) is 60.7 Å². The summed E-state index contributed by atoms with van der Waals surface area (Å²) in [4.78, 5) is 14.4. The van der Waals surface area contributed by atoms with Crippen LogP contribution in [0.15, 0.2) is 71.3 Å². The maximum absolute atomic E-state index is 12.7. The minimum absolute atomic E-state index is 0.0111. The molecule has 2 heterocycles. The first kappa shape index (κ1) is 19.3. The third-order valence-corrected chi connectivity index (χ3v) is 6.24. The fraction of sp³-hybridized carbons (Fsp3) is 0.227. The van der Waals surface area contributed by atoms with Gasteiger partial charge in [0.05, 0.1) is 12.0 Å². The van der Waals surface area contributed by atoms with Gasteiger partial charge in [0.15, 0.2) is 5.76 Å². The van der Waals surface area contributed by atoms with Crippen molar-refractivity contribution in [1.29, 1.82) is 0 Å². The van der Waals surface area contributed by atoms with Crippen molar-refractivity contribution in [3.8, 4) is 0 Å². The highest BCUT2D eigenvalue weighted by Gasteiger charge is 2.25. The van der Waals surface area contributed by atoms with E-state index in [1.54, 1.807) is 29.2 Å².